The third-order valence-electron chi connectivity index (χ3n) is 5.10. The number of aryl methyl sites for hydroxylation is 1. The molecule has 0 spiro atoms. The van der Waals surface area contributed by atoms with Crippen LogP contribution in [0.15, 0.2) is 36.4 Å². The van der Waals surface area contributed by atoms with E-state index in [-0.39, 0.29) is 15.6 Å². The van der Waals surface area contributed by atoms with E-state index in [0.29, 0.717) is 37.9 Å². The fourth-order valence-corrected chi connectivity index (χ4v) is 5.82. The van der Waals surface area contributed by atoms with Gasteiger partial charge in [0.15, 0.2) is 5.82 Å². The number of ether oxygens (including phenoxy) is 1. The molecule has 0 fully saturated rings. The number of thiophene rings is 1. The number of fused-ring (bicyclic) bond motifs is 2. The number of halogens is 1. The van der Waals surface area contributed by atoms with Gasteiger partial charge in [-0.2, -0.15) is 9.61 Å². The van der Waals surface area contributed by atoms with Crippen molar-refractivity contribution in [2.24, 2.45) is 0 Å². The fourth-order valence-electron chi connectivity index (χ4n) is 3.48. The first-order chi connectivity index (χ1) is 16.4. The third-order valence-corrected chi connectivity index (χ3v) is 7.78. The van der Waals surface area contributed by atoms with E-state index in [9.17, 15) is 14.9 Å². The Morgan fingerprint density at radius 2 is 2.09 bits per heavy atom. The molecule has 3 aromatic heterocycles. The average Bonchev–Trinajstić information content (AvgIpc) is 3.51. The summed E-state index contributed by atoms with van der Waals surface area (Å²) in [7, 11) is 1.50. The lowest BCUT2D eigenvalue weighted by Gasteiger charge is -2.11. The molecule has 1 amide bonds. The Balaban J connectivity index is 1.52. The smallest absolute Gasteiger partial charge is 0.287 e. The highest BCUT2D eigenvalue weighted by Crippen LogP contribution is 2.41. The molecule has 2 aromatic carbocycles. The number of nitrogens with zero attached hydrogens (tertiary/aromatic N) is 5. The Bertz CT molecular complexity index is 1590. The second-order valence-electron chi connectivity index (χ2n) is 7.10. The molecule has 10 nitrogen and oxygen atoms in total. The lowest BCUT2D eigenvalue weighted by Crippen LogP contribution is -2.11. The van der Waals surface area contributed by atoms with Crippen LogP contribution in [0.2, 0.25) is 5.02 Å². The predicted molar refractivity (Wildman–Crippen MR) is 131 cm³/mol. The fraction of sp³-hybridized carbons (Fsp3) is 0.143. The van der Waals surface area contributed by atoms with E-state index in [1.54, 1.807) is 22.7 Å². The van der Waals surface area contributed by atoms with Gasteiger partial charge in [-0.1, -0.05) is 42.0 Å². The van der Waals surface area contributed by atoms with E-state index in [0.717, 1.165) is 22.7 Å². The zero-order chi connectivity index (χ0) is 24.0. The maximum Gasteiger partial charge on any atom is 0.287 e. The summed E-state index contributed by atoms with van der Waals surface area (Å²) in [4.78, 5) is 24.9. The Labute approximate surface area is 204 Å². The number of anilines is 1. The number of nitrogens with one attached hydrogen (secondary N) is 1. The molecule has 0 unspecified atom stereocenters. The number of rotatable bonds is 6. The second kappa shape index (κ2) is 8.63. The summed E-state index contributed by atoms with van der Waals surface area (Å²) in [5.74, 6) is 0.702. The number of nitro benzene ring substituents is 1. The van der Waals surface area contributed by atoms with Crippen LogP contribution in [0.25, 0.3) is 25.6 Å². The Kier molecular flexibility index (Phi) is 5.63. The highest BCUT2D eigenvalue weighted by Gasteiger charge is 2.24. The molecule has 0 saturated carbocycles. The van der Waals surface area contributed by atoms with Crippen molar-refractivity contribution in [2.45, 2.75) is 13.3 Å². The van der Waals surface area contributed by atoms with Crippen molar-refractivity contribution in [2.75, 3.05) is 12.4 Å². The molecular weight excluding hydrogens is 500 g/mol. The van der Waals surface area contributed by atoms with Crippen LogP contribution in [0.1, 0.15) is 22.4 Å². The molecule has 0 aliphatic heterocycles. The molecule has 3 heterocycles. The van der Waals surface area contributed by atoms with Gasteiger partial charge in [0.05, 0.1) is 22.7 Å². The summed E-state index contributed by atoms with van der Waals surface area (Å²) >= 11 is 8.78. The Morgan fingerprint density at radius 1 is 1.26 bits per heavy atom. The summed E-state index contributed by atoms with van der Waals surface area (Å²) < 4.78 is 7.46. The van der Waals surface area contributed by atoms with Crippen molar-refractivity contribution < 1.29 is 14.5 Å². The lowest BCUT2D eigenvalue weighted by molar-refractivity contribution is -0.382. The van der Waals surface area contributed by atoms with E-state index in [2.05, 4.69) is 20.6 Å². The Morgan fingerprint density at radius 3 is 2.82 bits per heavy atom. The van der Waals surface area contributed by atoms with Gasteiger partial charge < -0.3 is 10.1 Å². The van der Waals surface area contributed by atoms with Gasteiger partial charge in [0.25, 0.3) is 11.6 Å². The molecule has 5 rings (SSSR count). The largest absolute Gasteiger partial charge is 0.495 e. The van der Waals surface area contributed by atoms with Gasteiger partial charge in [0.1, 0.15) is 20.3 Å². The van der Waals surface area contributed by atoms with Crippen LogP contribution in [-0.4, -0.2) is 37.8 Å². The molecule has 13 heteroatoms. The highest BCUT2D eigenvalue weighted by molar-refractivity contribution is 7.22. The molecule has 172 valence electrons. The van der Waals surface area contributed by atoms with Crippen molar-refractivity contribution >= 4 is 66.6 Å². The zero-order valence-corrected chi connectivity index (χ0v) is 20.1. The molecule has 5 aromatic rings. The first-order valence-electron chi connectivity index (χ1n) is 9.97. The van der Waals surface area contributed by atoms with Crippen LogP contribution in [0.5, 0.6) is 5.75 Å². The van der Waals surface area contributed by atoms with E-state index >= 15 is 0 Å². The number of nitro groups is 1. The number of benzene rings is 2. The topological polar surface area (TPSA) is 125 Å². The summed E-state index contributed by atoms with van der Waals surface area (Å²) in [6.45, 7) is 1.98. The number of amides is 1. The monoisotopic (exact) mass is 514 g/mol. The van der Waals surface area contributed by atoms with Crippen LogP contribution < -0.4 is 10.1 Å². The minimum absolute atomic E-state index is 0.0993. The first-order valence-corrected chi connectivity index (χ1v) is 12.0. The number of carbonyl (C=O) groups is 1. The Hall–Kier alpha value is -3.61. The lowest BCUT2D eigenvalue weighted by atomic mass is 10.2. The average molecular weight is 515 g/mol. The van der Waals surface area contributed by atoms with Gasteiger partial charge in [-0.15, -0.1) is 21.5 Å². The van der Waals surface area contributed by atoms with Crippen LogP contribution in [0, 0.1) is 10.1 Å². The number of methoxy groups -OCH3 is 1. The highest BCUT2D eigenvalue weighted by atomic mass is 35.5. The summed E-state index contributed by atoms with van der Waals surface area (Å²) in [6, 6.07) is 9.88. The molecule has 0 radical (unpaired) electrons. The van der Waals surface area contributed by atoms with Crippen molar-refractivity contribution in [1.29, 1.82) is 0 Å². The predicted octanol–water partition coefficient (Wildman–Crippen LogP) is 5.45. The molecular formula is C21H15ClN6O4S2. The van der Waals surface area contributed by atoms with Crippen LogP contribution >= 0.6 is 34.3 Å². The molecule has 0 saturated heterocycles. The summed E-state index contributed by atoms with van der Waals surface area (Å²) in [6.07, 6.45) is 0.697. The van der Waals surface area contributed by atoms with Gasteiger partial charge >= 0.3 is 0 Å². The van der Waals surface area contributed by atoms with Crippen LogP contribution in [0.4, 0.5) is 11.4 Å². The van der Waals surface area contributed by atoms with Gasteiger partial charge in [0, 0.05) is 23.4 Å². The van der Waals surface area contributed by atoms with Gasteiger partial charge in [0.2, 0.25) is 4.96 Å². The number of non-ortho nitro benzene ring substituents is 1. The van der Waals surface area contributed by atoms with E-state index < -0.39 is 10.8 Å². The zero-order valence-electron chi connectivity index (χ0n) is 17.7. The van der Waals surface area contributed by atoms with Crippen LogP contribution in [0.3, 0.4) is 0 Å². The quantitative estimate of drug-likeness (QED) is 0.236. The van der Waals surface area contributed by atoms with Crippen molar-refractivity contribution in [3.05, 3.63) is 62.2 Å². The van der Waals surface area contributed by atoms with Crippen LogP contribution in [-0.2, 0) is 6.42 Å². The molecule has 0 atom stereocenters. The minimum Gasteiger partial charge on any atom is -0.495 e. The molecule has 1 N–H and O–H groups in total. The van der Waals surface area contributed by atoms with Gasteiger partial charge in [-0.25, -0.2) is 0 Å². The number of carbonyl (C=O) groups excluding carboxylic acids is 1. The number of hydrogen-bond acceptors (Lipinski definition) is 9. The van der Waals surface area contributed by atoms with Crippen molar-refractivity contribution in [3.8, 4) is 16.3 Å². The SMILES string of the molecule is CCc1nnc2sc(-c3ccc(OC)c(NC(=O)c4sc5c([N+](=O)[O-])cccc5c4Cl)c3)nn12. The van der Waals surface area contributed by atoms with Crippen molar-refractivity contribution in [1.82, 2.24) is 19.8 Å². The standard InChI is InChI=1S/C21H15ClN6O4S2/c1-3-15-24-25-21-27(15)26-20(34-21)10-7-8-14(32-2)12(9-10)23-19(29)18-16(22)11-5-4-6-13(28(30)31)17(11)33-18/h4-9H,3H2,1-2H3,(H,23,29). The van der Waals surface area contributed by atoms with Gasteiger partial charge in [-0.3, -0.25) is 14.9 Å². The molecule has 0 bridgehead atoms. The molecule has 34 heavy (non-hydrogen) atoms. The van der Waals surface area contributed by atoms with Crippen molar-refractivity contribution in [3.63, 3.8) is 0 Å². The maximum atomic E-state index is 13.1. The normalized spacial score (nSPS) is 11.3. The summed E-state index contributed by atoms with van der Waals surface area (Å²) in [5.41, 5.74) is 1.07. The van der Waals surface area contributed by atoms with Gasteiger partial charge in [-0.05, 0) is 18.2 Å². The van der Waals surface area contributed by atoms with E-state index in [1.165, 1.54) is 30.6 Å². The minimum atomic E-state index is -0.498. The van der Waals surface area contributed by atoms with E-state index in [4.69, 9.17) is 16.3 Å². The first kappa shape index (κ1) is 22.2. The van der Waals surface area contributed by atoms with E-state index in [1.807, 2.05) is 13.0 Å². The third kappa shape index (κ3) is 3.65. The number of aromatic nitrogens is 4. The molecule has 0 aliphatic rings. The summed E-state index contributed by atoms with van der Waals surface area (Å²) in [5, 5.41) is 28.4. The second-order valence-corrected chi connectivity index (χ2v) is 9.45. The number of hydrogen-bond donors (Lipinski definition) is 1. The molecule has 0 aliphatic carbocycles. The maximum absolute atomic E-state index is 13.1.